The molecule has 0 saturated heterocycles. The van der Waals surface area contributed by atoms with Gasteiger partial charge in [-0.05, 0) is 35.4 Å². The van der Waals surface area contributed by atoms with E-state index in [-0.39, 0.29) is 0 Å². The van der Waals surface area contributed by atoms with E-state index >= 15 is 0 Å². The lowest BCUT2D eigenvalue weighted by atomic mass is 10.1. The molecule has 1 aliphatic rings. The largest absolute Gasteiger partial charge is 0.461 e. The van der Waals surface area contributed by atoms with Gasteiger partial charge in [-0.3, -0.25) is 0 Å². The number of aromatic nitrogens is 2. The zero-order valence-electron chi connectivity index (χ0n) is 10.1. The monoisotopic (exact) mass is 253 g/mol. The van der Waals surface area contributed by atoms with Crippen LogP contribution in [0, 0.1) is 0 Å². The Kier molecular flexibility index (Phi) is 2.25. The first-order valence-electron chi connectivity index (χ1n) is 6.10. The molecular weight excluding hydrogens is 242 g/mol. The molecule has 94 valence electrons. The van der Waals surface area contributed by atoms with Crippen molar-refractivity contribution in [2.45, 2.75) is 13.1 Å². The lowest BCUT2D eigenvalue weighted by molar-refractivity contribution is 0.429. The molecule has 0 saturated carbocycles. The Morgan fingerprint density at radius 1 is 1.11 bits per heavy atom. The Morgan fingerprint density at radius 2 is 2.05 bits per heavy atom. The molecule has 1 aromatic carbocycles. The van der Waals surface area contributed by atoms with Gasteiger partial charge in [0.2, 0.25) is 5.82 Å². The van der Waals surface area contributed by atoms with Gasteiger partial charge < -0.3 is 14.3 Å². The summed E-state index contributed by atoms with van der Waals surface area (Å²) in [5.41, 5.74) is 3.55. The lowest BCUT2D eigenvalue weighted by Crippen LogP contribution is -1.99. The molecule has 0 radical (unpaired) electrons. The van der Waals surface area contributed by atoms with Crippen molar-refractivity contribution < 1.29 is 8.94 Å². The predicted octanol–water partition coefficient (Wildman–Crippen LogP) is 2.60. The SMILES string of the molecule is c1coc(-c2noc(-c3ccc4c(c3)CNC4)n2)c1. The highest BCUT2D eigenvalue weighted by Gasteiger charge is 2.15. The van der Waals surface area contributed by atoms with Crippen molar-refractivity contribution in [2.75, 3.05) is 0 Å². The molecular formula is C14H11N3O2. The highest BCUT2D eigenvalue weighted by atomic mass is 16.5. The maximum absolute atomic E-state index is 5.29. The standard InChI is InChI=1S/C14H11N3O2/c1-2-12(18-5-1)13-16-14(19-17-13)9-3-4-10-7-15-8-11(10)6-9/h1-6,15H,7-8H2. The summed E-state index contributed by atoms with van der Waals surface area (Å²) in [7, 11) is 0. The third-order valence-corrected chi connectivity index (χ3v) is 3.25. The van der Waals surface area contributed by atoms with E-state index in [0.717, 1.165) is 18.7 Å². The highest BCUT2D eigenvalue weighted by Crippen LogP contribution is 2.26. The first kappa shape index (κ1) is 10.5. The summed E-state index contributed by atoms with van der Waals surface area (Å²) in [6, 6.07) is 9.80. The molecule has 19 heavy (non-hydrogen) atoms. The van der Waals surface area contributed by atoms with Crippen molar-refractivity contribution in [3.63, 3.8) is 0 Å². The molecule has 0 unspecified atom stereocenters. The molecule has 5 nitrogen and oxygen atoms in total. The number of hydrogen-bond acceptors (Lipinski definition) is 5. The van der Waals surface area contributed by atoms with Gasteiger partial charge in [0.1, 0.15) is 0 Å². The van der Waals surface area contributed by atoms with E-state index in [1.807, 2.05) is 6.07 Å². The molecule has 0 aliphatic carbocycles. The summed E-state index contributed by atoms with van der Waals surface area (Å²) in [6.45, 7) is 1.82. The molecule has 3 aromatic rings. The smallest absolute Gasteiger partial charge is 0.258 e. The zero-order valence-corrected chi connectivity index (χ0v) is 10.1. The Balaban J connectivity index is 1.73. The number of benzene rings is 1. The van der Waals surface area contributed by atoms with Crippen LogP contribution in [0.5, 0.6) is 0 Å². The van der Waals surface area contributed by atoms with Crippen LogP contribution in [0.25, 0.3) is 23.0 Å². The molecule has 5 heteroatoms. The first-order chi connectivity index (χ1) is 9.40. The number of fused-ring (bicyclic) bond motifs is 1. The van der Waals surface area contributed by atoms with E-state index in [1.54, 1.807) is 18.4 Å². The van der Waals surface area contributed by atoms with E-state index in [4.69, 9.17) is 8.94 Å². The van der Waals surface area contributed by atoms with Gasteiger partial charge >= 0.3 is 0 Å². The van der Waals surface area contributed by atoms with Gasteiger partial charge in [0.05, 0.1) is 6.26 Å². The molecule has 0 fully saturated rings. The summed E-state index contributed by atoms with van der Waals surface area (Å²) in [6.07, 6.45) is 1.59. The summed E-state index contributed by atoms with van der Waals surface area (Å²) in [4.78, 5) is 4.36. The normalized spacial score (nSPS) is 13.7. The third kappa shape index (κ3) is 1.75. The minimum absolute atomic E-state index is 0.471. The van der Waals surface area contributed by atoms with Crippen LogP contribution in [-0.2, 0) is 13.1 Å². The predicted molar refractivity (Wildman–Crippen MR) is 68.0 cm³/mol. The minimum Gasteiger partial charge on any atom is -0.461 e. The average molecular weight is 253 g/mol. The van der Waals surface area contributed by atoms with Gasteiger partial charge in [-0.1, -0.05) is 11.2 Å². The highest BCUT2D eigenvalue weighted by molar-refractivity contribution is 5.59. The van der Waals surface area contributed by atoms with Crippen molar-refractivity contribution in [3.8, 4) is 23.0 Å². The van der Waals surface area contributed by atoms with Gasteiger partial charge in [0, 0.05) is 18.7 Å². The van der Waals surface area contributed by atoms with Gasteiger partial charge in [0.15, 0.2) is 5.76 Å². The lowest BCUT2D eigenvalue weighted by Gasteiger charge is -1.99. The van der Waals surface area contributed by atoms with E-state index in [0.29, 0.717) is 17.5 Å². The molecule has 2 aromatic heterocycles. The second kappa shape index (κ2) is 4.07. The number of hydrogen-bond donors (Lipinski definition) is 1. The quantitative estimate of drug-likeness (QED) is 0.760. The van der Waals surface area contributed by atoms with Crippen LogP contribution in [0.1, 0.15) is 11.1 Å². The molecule has 0 atom stereocenters. The summed E-state index contributed by atoms with van der Waals surface area (Å²) in [5.74, 6) is 1.59. The van der Waals surface area contributed by atoms with E-state index in [1.165, 1.54) is 11.1 Å². The fraction of sp³-hybridized carbons (Fsp3) is 0.143. The number of furan rings is 1. The van der Waals surface area contributed by atoms with Gasteiger partial charge in [-0.25, -0.2) is 0 Å². The van der Waals surface area contributed by atoms with Crippen LogP contribution < -0.4 is 5.32 Å². The van der Waals surface area contributed by atoms with Crippen LogP contribution in [0.15, 0.2) is 45.5 Å². The van der Waals surface area contributed by atoms with E-state index < -0.39 is 0 Å². The fourth-order valence-electron chi connectivity index (χ4n) is 2.27. The second-order valence-corrected chi connectivity index (χ2v) is 4.49. The molecule has 0 amide bonds. The van der Waals surface area contributed by atoms with Crippen molar-refractivity contribution in [1.82, 2.24) is 15.5 Å². The molecule has 0 spiro atoms. The average Bonchev–Trinajstić information content (AvgIpc) is 3.18. The summed E-state index contributed by atoms with van der Waals surface area (Å²) < 4.78 is 10.5. The maximum atomic E-state index is 5.29. The number of nitrogens with one attached hydrogen (secondary N) is 1. The summed E-state index contributed by atoms with van der Waals surface area (Å²) >= 11 is 0. The zero-order chi connectivity index (χ0) is 12.7. The second-order valence-electron chi connectivity index (χ2n) is 4.49. The number of nitrogens with zero attached hydrogens (tertiary/aromatic N) is 2. The Morgan fingerprint density at radius 3 is 2.95 bits per heavy atom. The molecule has 4 rings (SSSR count). The van der Waals surface area contributed by atoms with E-state index in [9.17, 15) is 0 Å². The van der Waals surface area contributed by atoms with Crippen molar-refractivity contribution in [2.24, 2.45) is 0 Å². The van der Waals surface area contributed by atoms with Crippen LogP contribution in [0.3, 0.4) is 0 Å². The van der Waals surface area contributed by atoms with Gasteiger partial charge in [-0.15, -0.1) is 0 Å². The molecule has 0 bridgehead atoms. The first-order valence-corrected chi connectivity index (χ1v) is 6.10. The van der Waals surface area contributed by atoms with Gasteiger partial charge in [-0.2, -0.15) is 4.98 Å². The van der Waals surface area contributed by atoms with Crippen molar-refractivity contribution >= 4 is 0 Å². The van der Waals surface area contributed by atoms with Crippen molar-refractivity contribution in [3.05, 3.63) is 47.7 Å². The van der Waals surface area contributed by atoms with Crippen LogP contribution in [0.4, 0.5) is 0 Å². The van der Waals surface area contributed by atoms with Crippen LogP contribution >= 0.6 is 0 Å². The van der Waals surface area contributed by atoms with E-state index in [2.05, 4.69) is 27.6 Å². The number of rotatable bonds is 2. The van der Waals surface area contributed by atoms with Crippen LogP contribution in [-0.4, -0.2) is 10.1 Å². The minimum atomic E-state index is 0.471. The Bertz CT molecular complexity index is 716. The molecule has 1 N–H and O–H groups in total. The topological polar surface area (TPSA) is 64.1 Å². The van der Waals surface area contributed by atoms with Crippen LogP contribution in [0.2, 0.25) is 0 Å². The Labute approximate surface area is 109 Å². The molecule has 3 heterocycles. The third-order valence-electron chi connectivity index (χ3n) is 3.25. The fourth-order valence-corrected chi connectivity index (χ4v) is 2.27. The van der Waals surface area contributed by atoms with Crippen molar-refractivity contribution in [1.29, 1.82) is 0 Å². The summed E-state index contributed by atoms with van der Waals surface area (Å²) in [5, 5.41) is 7.25. The Hall–Kier alpha value is -2.40. The molecule has 1 aliphatic heterocycles. The van der Waals surface area contributed by atoms with Gasteiger partial charge in [0.25, 0.3) is 5.89 Å². The maximum Gasteiger partial charge on any atom is 0.258 e.